The first-order valence-electron chi connectivity index (χ1n) is 8.60. The molecule has 0 unspecified atom stereocenters. The third-order valence-electron chi connectivity index (χ3n) is 4.42. The second-order valence-corrected chi connectivity index (χ2v) is 6.21. The molecule has 1 saturated heterocycles. The van der Waals surface area contributed by atoms with Crippen LogP contribution < -0.4 is 10.2 Å². The van der Waals surface area contributed by atoms with Crippen LogP contribution in [-0.2, 0) is 6.54 Å². The van der Waals surface area contributed by atoms with E-state index in [1.165, 1.54) is 18.7 Å². The van der Waals surface area contributed by atoms with E-state index in [0.29, 0.717) is 0 Å². The minimum atomic E-state index is 0.829. The molecule has 3 rings (SSSR count). The molecule has 23 heavy (non-hydrogen) atoms. The Morgan fingerprint density at radius 3 is 2.48 bits per heavy atom. The predicted octanol–water partition coefficient (Wildman–Crippen LogP) is 2.89. The zero-order valence-corrected chi connectivity index (χ0v) is 14.0. The number of furan rings is 1. The van der Waals surface area contributed by atoms with Crippen LogP contribution in [0.25, 0.3) is 0 Å². The van der Waals surface area contributed by atoms with Gasteiger partial charge in [-0.05, 0) is 50.7 Å². The predicted molar refractivity (Wildman–Crippen MR) is 94.9 cm³/mol. The Balaban J connectivity index is 1.29. The molecule has 1 aromatic heterocycles. The smallest absolute Gasteiger partial charge is 0.117 e. The molecule has 4 heteroatoms. The zero-order valence-electron chi connectivity index (χ0n) is 14.0. The van der Waals surface area contributed by atoms with Crippen LogP contribution in [0.15, 0.2) is 46.9 Å². The van der Waals surface area contributed by atoms with Gasteiger partial charge in [0.05, 0.1) is 6.54 Å². The summed E-state index contributed by atoms with van der Waals surface area (Å²) in [4.78, 5) is 5.05. The number of para-hydroxylation sites is 1. The zero-order chi connectivity index (χ0) is 15.9. The molecule has 1 N–H and O–H groups in total. The van der Waals surface area contributed by atoms with E-state index in [1.807, 2.05) is 19.1 Å². The highest BCUT2D eigenvalue weighted by atomic mass is 16.3. The van der Waals surface area contributed by atoms with Gasteiger partial charge in [0.15, 0.2) is 0 Å². The van der Waals surface area contributed by atoms with Crippen molar-refractivity contribution >= 4 is 5.69 Å². The fourth-order valence-electron chi connectivity index (χ4n) is 3.09. The summed E-state index contributed by atoms with van der Waals surface area (Å²) >= 11 is 0. The van der Waals surface area contributed by atoms with Crippen molar-refractivity contribution in [1.82, 2.24) is 10.2 Å². The lowest BCUT2D eigenvalue weighted by molar-refractivity contribution is 0.253. The first kappa shape index (κ1) is 16.1. The van der Waals surface area contributed by atoms with Crippen LogP contribution in [0.5, 0.6) is 0 Å². The average Bonchev–Trinajstić information content (AvgIpc) is 3.01. The van der Waals surface area contributed by atoms with Crippen LogP contribution in [0.4, 0.5) is 5.69 Å². The molecule has 2 heterocycles. The molecule has 0 radical (unpaired) electrons. The molecule has 0 amide bonds. The summed E-state index contributed by atoms with van der Waals surface area (Å²) in [5, 5.41) is 3.46. The normalized spacial score (nSPS) is 16.0. The lowest BCUT2D eigenvalue weighted by Crippen LogP contribution is -2.46. The van der Waals surface area contributed by atoms with Gasteiger partial charge in [-0.15, -0.1) is 0 Å². The van der Waals surface area contributed by atoms with Crippen LogP contribution in [0.3, 0.4) is 0 Å². The van der Waals surface area contributed by atoms with Gasteiger partial charge < -0.3 is 14.6 Å². The van der Waals surface area contributed by atoms with Crippen molar-refractivity contribution in [2.75, 3.05) is 44.2 Å². The number of aryl methyl sites for hydroxylation is 1. The Hall–Kier alpha value is -1.78. The van der Waals surface area contributed by atoms with Crippen LogP contribution in [-0.4, -0.2) is 44.2 Å². The largest absolute Gasteiger partial charge is 0.465 e. The Kier molecular flexibility index (Phi) is 5.72. The number of nitrogens with zero attached hydrogens (tertiary/aromatic N) is 2. The average molecular weight is 313 g/mol. The van der Waals surface area contributed by atoms with Crippen molar-refractivity contribution in [2.45, 2.75) is 19.9 Å². The minimum Gasteiger partial charge on any atom is -0.465 e. The first-order valence-corrected chi connectivity index (χ1v) is 8.60. The van der Waals surface area contributed by atoms with Crippen LogP contribution in [0.2, 0.25) is 0 Å². The van der Waals surface area contributed by atoms with Gasteiger partial charge in [-0.1, -0.05) is 18.2 Å². The summed E-state index contributed by atoms with van der Waals surface area (Å²) in [5.41, 5.74) is 1.35. The number of piperazine rings is 1. The first-order chi connectivity index (χ1) is 11.3. The number of rotatable bonds is 7. The summed E-state index contributed by atoms with van der Waals surface area (Å²) < 4.78 is 5.56. The molecule has 1 aliphatic heterocycles. The van der Waals surface area contributed by atoms with Crippen molar-refractivity contribution < 1.29 is 4.42 Å². The van der Waals surface area contributed by atoms with E-state index < -0.39 is 0 Å². The topological polar surface area (TPSA) is 31.6 Å². The van der Waals surface area contributed by atoms with Crippen molar-refractivity contribution in [3.05, 3.63) is 54.0 Å². The van der Waals surface area contributed by atoms with E-state index in [-0.39, 0.29) is 0 Å². The molecule has 0 bridgehead atoms. The third-order valence-corrected chi connectivity index (χ3v) is 4.42. The molecule has 1 fully saturated rings. The number of anilines is 1. The van der Waals surface area contributed by atoms with Gasteiger partial charge in [0.2, 0.25) is 0 Å². The maximum atomic E-state index is 5.56. The number of hydrogen-bond acceptors (Lipinski definition) is 4. The van der Waals surface area contributed by atoms with Crippen LogP contribution in [0.1, 0.15) is 17.9 Å². The van der Waals surface area contributed by atoms with Crippen molar-refractivity contribution in [3.63, 3.8) is 0 Å². The summed E-state index contributed by atoms with van der Waals surface area (Å²) in [5.74, 6) is 2.01. The molecule has 4 nitrogen and oxygen atoms in total. The second-order valence-electron chi connectivity index (χ2n) is 6.21. The number of hydrogen-bond donors (Lipinski definition) is 1. The van der Waals surface area contributed by atoms with E-state index in [0.717, 1.165) is 50.8 Å². The van der Waals surface area contributed by atoms with Crippen molar-refractivity contribution in [3.8, 4) is 0 Å². The monoisotopic (exact) mass is 313 g/mol. The summed E-state index contributed by atoms with van der Waals surface area (Å²) in [6, 6.07) is 14.8. The number of nitrogens with one attached hydrogen (secondary N) is 1. The van der Waals surface area contributed by atoms with Gasteiger partial charge in [0.1, 0.15) is 11.5 Å². The molecule has 1 aromatic carbocycles. The Labute approximate surface area is 139 Å². The lowest BCUT2D eigenvalue weighted by atomic mass is 10.2. The molecule has 2 aromatic rings. The SMILES string of the molecule is Cc1ccc(CNCCCN2CCN(c3ccccc3)CC2)o1. The highest BCUT2D eigenvalue weighted by molar-refractivity contribution is 5.46. The van der Waals surface area contributed by atoms with Gasteiger partial charge in [-0.2, -0.15) is 0 Å². The quantitative estimate of drug-likeness (QED) is 0.797. The molecular weight excluding hydrogens is 286 g/mol. The molecule has 0 atom stereocenters. The fraction of sp³-hybridized carbons (Fsp3) is 0.474. The fourth-order valence-corrected chi connectivity index (χ4v) is 3.09. The maximum Gasteiger partial charge on any atom is 0.117 e. The van der Waals surface area contributed by atoms with Crippen LogP contribution >= 0.6 is 0 Å². The summed E-state index contributed by atoms with van der Waals surface area (Å²) in [6.07, 6.45) is 1.19. The molecule has 124 valence electrons. The Bertz CT molecular complexity index is 573. The second kappa shape index (κ2) is 8.18. The standard InChI is InChI=1S/C19H27N3O/c1-17-8-9-19(23-17)16-20-10-5-11-21-12-14-22(15-13-21)18-6-3-2-4-7-18/h2-4,6-9,20H,5,10-16H2,1H3. The highest BCUT2D eigenvalue weighted by Gasteiger charge is 2.16. The Morgan fingerprint density at radius 1 is 1.00 bits per heavy atom. The van der Waals surface area contributed by atoms with E-state index in [2.05, 4.69) is 45.4 Å². The molecule has 0 saturated carbocycles. The van der Waals surface area contributed by atoms with E-state index in [1.54, 1.807) is 0 Å². The van der Waals surface area contributed by atoms with Gasteiger partial charge in [0, 0.05) is 31.9 Å². The molecule has 0 spiro atoms. The minimum absolute atomic E-state index is 0.829. The van der Waals surface area contributed by atoms with E-state index in [9.17, 15) is 0 Å². The van der Waals surface area contributed by atoms with Gasteiger partial charge in [-0.25, -0.2) is 0 Å². The van der Waals surface area contributed by atoms with Gasteiger partial charge >= 0.3 is 0 Å². The van der Waals surface area contributed by atoms with Gasteiger partial charge in [-0.3, -0.25) is 4.90 Å². The summed E-state index contributed by atoms with van der Waals surface area (Å²) in [7, 11) is 0. The lowest BCUT2D eigenvalue weighted by Gasteiger charge is -2.36. The van der Waals surface area contributed by atoms with Crippen molar-refractivity contribution in [1.29, 1.82) is 0 Å². The maximum absolute atomic E-state index is 5.56. The molecule has 0 aliphatic carbocycles. The van der Waals surface area contributed by atoms with Crippen molar-refractivity contribution in [2.24, 2.45) is 0 Å². The van der Waals surface area contributed by atoms with Gasteiger partial charge in [0.25, 0.3) is 0 Å². The molecular formula is C19H27N3O. The Morgan fingerprint density at radius 2 is 1.78 bits per heavy atom. The summed E-state index contributed by atoms with van der Waals surface area (Å²) in [6.45, 7) is 9.60. The van der Waals surface area contributed by atoms with E-state index >= 15 is 0 Å². The highest BCUT2D eigenvalue weighted by Crippen LogP contribution is 2.15. The van der Waals surface area contributed by atoms with Crippen LogP contribution in [0, 0.1) is 6.92 Å². The third kappa shape index (κ3) is 4.85. The van der Waals surface area contributed by atoms with E-state index in [4.69, 9.17) is 4.42 Å². The molecule has 1 aliphatic rings. The number of benzene rings is 1.